The van der Waals surface area contributed by atoms with Gasteiger partial charge >= 0.3 is 5.69 Å². The normalized spacial score (nSPS) is 15.2. The lowest BCUT2D eigenvalue weighted by Gasteiger charge is -2.31. The fourth-order valence-corrected chi connectivity index (χ4v) is 3.21. The zero-order valence-corrected chi connectivity index (χ0v) is 14.0. The van der Waals surface area contributed by atoms with Gasteiger partial charge in [0.1, 0.15) is 11.9 Å². The van der Waals surface area contributed by atoms with Gasteiger partial charge in [-0.1, -0.05) is 12.1 Å². The molecule has 1 aliphatic rings. The van der Waals surface area contributed by atoms with Crippen LogP contribution in [-0.4, -0.2) is 46.1 Å². The highest BCUT2D eigenvalue weighted by Gasteiger charge is 2.30. The maximum absolute atomic E-state index is 12.5. The van der Waals surface area contributed by atoms with Gasteiger partial charge in [0, 0.05) is 13.1 Å². The van der Waals surface area contributed by atoms with Crippen molar-refractivity contribution in [2.24, 2.45) is 5.92 Å². The Morgan fingerprint density at radius 1 is 1.44 bits per heavy atom. The zero-order valence-electron chi connectivity index (χ0n) is 14.0. The fourth-order valence-electron chi connectivity index (χ4n) is 3.21. The smallest absolute Gasteiger partial charge is 0.319 e. The van der Waals surface area contributed by atoms with Gasteiger partial charge in [0.2, 0.25) is 5.69 Å². The van der Waals surface area contributed by atoms with E-state index in [0.29, 0.717) is 19.0 Å². The summed E-state index contributed by atoms with van der Waals surface area (Å²) in [5.41, 5.74) is 0.896. The van der Waals surface area contributed by atoms with Gasteiger partial charge in [0.05, 0.1) is 12.0 Å². The van der Waals surface area contributed by atoms with Crippen molar-refractivity contribution in [1.82, 2.24) is 15.1 Å². The van der Waals surface area contributed by atoms with Crippen molar-refractivity contribution in [3.05, 3.63) is 51.8 Å². The Morgan fingerprint density at radius 3 is 2.88 bits per heavy atom. The molecule has 8 nitrogen and oxygen atoms in total. The zero-order chi connectivity index (χ0) is 17.8. The van der Waals surface area contributed by atoms with E-state index >= 15 is 0 Å². The summed E-state index contributed by atoms with van der Waals surface area (Å²) in [4.78, 5) is 24.5. The molecule has 8 heteroatoms. The standard InChI is InChI=1S/C17H20N4O4/c1-25-14-4-2-3-13(10-14)9-12-5-7-20(8-6-12)17(22)16-15(21(23)24)11-18-19-16/h2-4,10-12H,5-9H2,1H3,(H,18,19). The molecule has 1 amide bonds. The van der Waals surface area contributed by atoms with Crippen molar-refractivity contribution in [3.63, 3.8) is 0 Å². The molecule has 25 heavy (non-hydrogen) atoms. The number of carbonyl (C=O) groups is 1. The number of benzene rings is 1. The van der Waals surface area contributed by atoms with Crippen molar-refractivity contribution in [3.8, 4) is 5.75 Å². The molecule has 0 spiro atoms. The predicted molar refractivity (Wildman–Crippen MR) is 90.6 cm³/mol. The van der Waals surface area contributed by atoms with Crippen molar-refractivity contribution in [2.75, 3.05) is 20.2 Å². The molecule has 132 valence electrons. The molecule has 0 saturated carbocycles. The number of methoxy groups -OCH3 is 1. The quantitative estimate of drug-likeness (QED) is 0.663. The van der Waals surface area contributed by atoms with Gasteiger partial charge in [-0.15, -0.1) is 0 Å². The maximum atomic E-state index is 12.5. The molecule has 0 aliphatic carbocycles. The van der Waals surface area contributed by atoms with Gasteiger partial charge in [-0.25, -0.2) is 0 Å². The van der Waals surface area contributed by atoms with Crippen LogP contribution in [0, 0.1) is 16.0 Å². The van der Waals surface area contributed by atoms with Gasteiger partial charge in [0.25, 0.3) is 5.91 Å². The number of nitro groups is 1. The number of H-pyrrole nitrogens is 1. The number of piperidine rings is 1. The van der Waals surface area contributed by atoms with Crippen LogP contribution in [0.25, 0.3) is 0 Å². The van der Waals surface area contributed by atoms with Crippen LogP contribution >= 0.6 is 0 Å². The molecule has 1 aromatic heterocycles. The van der Waals surface area contributed by atoms with E-state index in [1.807, 2.05) is 18.2 Å². The second kappa shape index (κ2) is 7.33. The molecule has 2 aromatic rings. The van der Waals surface area contributed by atoms with E-state index in [1.54, 1.807) is 12.0 Å². The van der Waals surface area contributed by atoms with Gasteiger partial charge in [-0.2, -0.15) is 5.10 Å². The van der Waals surface area contributed by atoms with Gasteiger partial charge in [0.15, 0.2) is 0 Å². The second-order valence-electron chi connectivity index (χ2n) is 6.18. The first-order valence-electron chi connectivity index (χ1n) is 8.18. The van der Waals surface area contributed by atoms with E-state index in [0.717, 1.165) is 31.2 Å². The number of rotatable bonds is 5. The molecule has 1 saturated heterocycles. The summed E-state index contributed by atoms with van der Waals surface area (Å²) in [6.45, 7) is 1.17. The SMILES string of the molecule is COc1cccc(CC2CCN(C(=O)c3[nH]ncc3[N+](=O)[O-])CC2)c1. The number of amides is 1. The molecule has 0 bridgehead atoms. The van der Waals surface area contributed by atoms with Crippen molar-refractivity contribution < 1.29 is 14.5 Å². The molecule has 0 atom stereocenters. The van der Waals surface area contributed by atoms with E-state index in [9.17, 15) is 14.9 Å². The molecule has 0 radical (unpaired) electrons. The second-order valence-corrected chi connectivity index (χ2v) is 6.18. The Labute approximate surface area is 144 Å². The lowest BCUT2D eigenvalue weighted by Crippen LogP contribution is -2.39. The van der Waals surface area contributed by atoms with E-state index in [1.165, 1.54) is 5.56 Å². The third-order valence-corrected chi connectivity index (χ3v) is 4.59. The monoisotopic (exact) mass is 344 g/mol. The summed E-state index contributed by atoms with van der Waals surface area (Å²) in [6.07, 6.45) is 3.74. The summed E-state index contributed by atoms with van der Waals surface area (Å²) < 4.78 is 5.25. The predicted octanol–water partition coefficient (Wildman–Crippen LogP) is 2.42. The molecule has 1 aliphatic heterocycles. The highest BCUT2D eigenvalue weighted by Crippen LogP contribution is 2.25. The molecule has 1 aromatic carbocycles. The van der Waals surface area contributed by atoms with Crippen LogP contribution in [0.4, 0.5) is 5.69 Å². The van der Waals surface area contributed by atoms with Gasteiger partial charge < -0.3 is 9.64 Å². The van der Waals surface area contributed by atoms with Crippen LogP contribution in [0.1, 0.15) is 28.9 Å². The topological polar surface area (TPSA) is 101 Å². The first-order chi connectivity index (χ1) is 12.1. The van der Waals surface area contributed by atoms with Crippen LogP contribution in [0.5, 0.6) is 5.75 Å². The number of aromatic amines is 1. The number of hydrogen-bond acceptors (Lipinski definition) is 5. The average Bonchev–Trinajstić information content (AvgIpc) is 3.12. The van der Waals surface area contributed by atoms with Crippen molar-refractivity contribution in [1.29, 1.82) is 0 Å². The lowest BCUT2D eigenvalue weighted by molar-refractivity contribution is -0.385. The Hall–Kier alpha value is -2.90. The molecule has 3 rings (SSSR count). The van der Waals surface area contributed by atoms with Crippen LogP contribution in [0.3, 0.4) is 0 Å². The summed E-state index contributed by atoms with van der Waals surface area (Å²) >= 11 is 0. The first-order valence-corrected chi connectivity index (χ1v) is 8.18. The number of nitrogens with one attached hydrogen (secondary N) is 1. The van der Waals surface area contributed by atoms with Crippen molar-refractivity contribution in [2.45, 2.75) is 19.3 Å². The van der Waals surface area contributed by atoms with Crippen LogP contribution in [0.2, 0.25) is 0 Å². The fraction of sp³-hybridized carbons (Fsp3) is 0.412. The molecular formula is C17H20N4O4. The minimum atomic E-state index is -0.591. The number of hydrogen-bond donors (Lipinski definition) is 1. The summed E-state index contributed by atoms with van der Waals surface area (Å²) in [5.74, 6) is 0.966. The van der Waals surface area contributed by atoms with E-state index in [2.05, 4.69) is 16.3 Å². The lowest BCUT2D eigenvalue weighted by atomic mass is 9.90. The summed E-state index contributed by atoms with van der Waals surface area (Å²) in [5, 5.41) is 17.0. The van der Waals surface area contributed by atoms with E-state index in [-0.39, 0.29) is 17.3 Å². The molecule has 1 fully saturated rings. The summed E-state index contributed by atoms with van der Waals surface area (Å²) in [7, 11) is 1.65. The highest BCUT2D eigenvalue weighted by atomic mass is 16.6. The number of aromatic nitrogens is 2. The van der Waals surface area contributed by atoms with Crippen LogP contribution in [0.15, 0.2) is 30.5 Å². The highest BCUT2D eigenvalue weighted by molar-refractivity contribution is 5.96. The first kappa shape index (κ1) is 16.9. The van der Waals surface area contributed by atoms with Gasteiger partial charge in [-0.05, 0) is 42.9 Å². The molecule has 2 heterocycles. The number of ether oxygens (including phenoxy) is 1. The third-order valence-electron chi connectivity index (χ3n) is 4.59. The minimum Gasteiger partial charge on any atom is -0.497 e. The minimum absolute atomic E-state index is 0.0451. The molecular weight excluding hydrogens is 324 g/mol. The van der Waals surface area contributed by atoms with Gasteiger partial charge in [-0.3, -0.25) is 20.0 Å². The third kappa shape index (κ3) is 3.78. The number of nitrogens with zero attached hydrogens (tertiary/aromatic N) is 3. The maximum Gasteiger partial charge on any atom is 0.319 e. The Balaban J connectivity index is 1.59. The van der Waals surface area contributed by atoms with Crippen LogP contribution < -0.4 is 4.74 Å². The molecule has 0 unspecified atom stereocenters. The Kier molecular flexibility index (Phi) is 4.97. The number of likely N-dealkylation sites (tertiary alicyclic amines) is 1. The summed E-state index contributed by atoms with van der Waals surface area (Å²) in [6, 6.07) is 8.01. The van der Waals surface area contributed by atoms with E-state index in [4.69, 9.17) is 4.74 Å². The Bertz CT molecular complexity index is 766. The van der Waals surface area contributed by atoms with E-state index < -0.39 is 4.92 Å². The van der Waals surface area contributed by atoms with Crippen molar-refractivity contribution >= 4 is 11.6 Å². The Morgan fingerprint density at radius 2 is 2.20 bits per heavy atom. The average molecular weight is 344 g/mol. The van der Waals surface area contributed by atoms with Crippen LogP contribution in [-0.2, 0) is 6.42 Å². The number of carbonyl (C=O) groups excluding carboxylic acids is 1. The largest absolute Gasteiger partial charge is 0.497 e. The molecule has 1 N–H and O–H groups in total.